The molecule has 24 heavy (non-hydrogen) atoms. The van der Waals surface area contributed by atoms with Crippen LogP contribution in [0.4, 0.5) is 9.59 Å². The first-order chi connectivity index (χ1) is 11.1. The number of hydrazine groups is 1. The van der Waals surface area contributed by atoms with Crippen LogP contribution in [0.3, 0.4) is 0 Å². The van der Waals surface area contributed by atoms with Gasteiger partial charge in [-0.05, 0) is 39.8 Å². The molecule has 0 radical (unpaired) electrons. The number of imide groups is 1. The lowest BCUT2D eigenvalue weighted by Crippen LogP contribution is -2.51. The lowest BCUT2D eigenvalue weighted by molar-refractivity contribution is 0.0383. The van der Waals surface area contributed by atoms with Gasteiger partial charge in [-0.3, -0.25) is 4.79 Å². The zero-order valence-corrected chi connectivity index (χ0v) is 15.1. The molecule has 1 aromatic rings. The molecule has 1 N–H and O–H groups in total. The number of hydrogen-bond donors (Lipinski definition) is 1. The number of benzene rings is 1. The van der Waals surface area contributed by atoms with Gasteiger partial charge >= 0.3 is 12.2 Å². The first-order valence-electron chi connectivity index (χ1n) is 7.09. The van der Waals surface area contributed by atoms with Crippen LogP contribution < -0.4 is 5.43 Å². The van der Waals surface area contributed by atoms with Crippen molar-refractivity contribution in [2.75, 3.05) is 0 Å². The van der Waals surface area contributed by atoms with Crippen molar-refractivity contribution in [2.24, 2.45) is 0 Å². The van der Waals surface area contributed by atoms with Crippen LogP contribution in [0.1, 0.15) is 38.1 Å². The topological polar surface area (TPSA) is 84.9 Å². The number of ether oxygens (including phenoxy) is 2. The summed E-state index contributed by atoms with van der Waals surface area (Å²) in [6.07, 6.45) is -3.06. The van der Waals surface area contributed by atoms with Crippen LogP contribution in [0.5, 0.6) is 0 Å². The summed E-state index contributed by atoms with van der Waals surface area (Å²) in [6, 6.07) is 4.40. The predicted octanol–water partition coefficient (Wildman–Crippen LogP) is 4.03. The molecule has 0 aliphatic heterocycles. The van der Waals surface area contributed by atoms with Gasteiger partial charge < -0.3 is 9.47 Å². The Hall–Kier alpha value is -1.99. The predicted molar refractivity (Wildman–Crippen MR) is 89.0 cm³/mol. The minimum atomic E-state index is -1.09. The normalized spacial score (nSPS) is 10.5. The third kappa shape index (κ3) is 5.58. The summed E-state index contributed by atoms with van der Waals surface area (Å²) in [5.74, 6) is -0.947. The van der Waals surface area contributed by atoms with E-state index in [1.165, 1.54) is 12.1 Å². The fraction of sp³-hybridized carbons (Fsp3) is 0.400. The summed E-state index contributed by atoms with van der Waals surface area (Å²) in [4.78, 5) is 36.5. The molecule has 7 nitrogen and oxygen atoms in total. The Kier molecular flexibility index (Phi) is 7.31. The largest absolute Gasteiger partial charge is 0.446 e. The quantitative estimate of drug-likeness (QED) is 0.804. The van der Waals surface area contributed by atoms with Gasteiger partial charge in [-0.25, -0.2) is 15.0 Å². The highest BCUT2D eigenvalue weighted by Gasteiger charge is 2.30. The molecule has 0 aliphatic rings. The van der Waals surface area contributed by atoms with Gasteiger partial charge in [0.25, 0.3) is 5.91 Å². The van der Waals surface area contributed by atoms with Gasteiger partial charge in [-0.15, -0.1) is 5.01 Å². The van der Waals surface area contributed by atoms with Gasteiger partial charge in [0.1, 0.15) is 0 Å². The van der Waals surface area contributed by atoms with Crippen molar-refractivity contribution >= 4 is 41.3 Å². The van der Waals surface area contributed by atoms with Gasteiger partial charge in [0.2, 0.25) is 0 Å². The lowest BCUT2D eigenvalue weighted by atomic mass is 10.2. The molecule has 0 saturated carbocycles. The van der Waals surface area contributed by atoms with Crippen LogP contribution in [0.25, 0.3) is 0 Å². The van der Waals surface area contributed by atoms with Gasteiger partial charge in [0.15, 0.2) is 0 Å². The van der Waals surface area contributed by atoms with E-state index in [9.17, 15) is 14.4 Å². The van der Waals surface area contributed by atoms with Crippen LogP contribution in [0.2, 0.25) is 10.0 Å². The maximum atomic E-state index is 12.6. The number of amides is 3. The van der Waals surface area contributed by atoms with Crippen LogP contribution in [0.15, 0.2) is 18.2 Å². The summed E-state index contributed by atoms with van der Waals surface area (Å²) in [5, 5.41) is 0.417. The Labute approximate surface area is 149 Å². The van der Waals surface area contributed by atoms with E-state index in [2.05, 4.69) is 0 Å². The third-order valence-electron chi connectivity index (χ3n) is 2.44. The summed E-state index contributed by atoms with van der Waals surface area (Å²) < 4.78 is 9.81. The van der Waals surface area contributed by atoms with Gasteiger partial charge in [0, 0.05) is 0 Å². The Bertz CT molecular complexity index is 614. The van der Waals surface area contributed by atoms with Crippen molar-refractivity contribution in [2.45, 2.75) is 39.9 Å². The van der Waals surface area contributed by atoms with E-state index < -0.39 is 30.3 Å². The molecule has 0 aliphatic carbocycles. The minimum Gasteiger partial charge on any atom is -0.446 e. The van der Waals surface area contributed by atoms with Crippen LogP contribution in [0, 0.1) is 0 Å². The maximum absolute atomic E-state index is 12.6. The summed E-state index contributed by atoms with van der Waals surface area (Å²) in [5.41, 5.74) is 1.89. The van der Waals surface area contributed by atoms with Crippen LogP contribution in [-0.2, 0) is 9.47 Å². The van der Waals surface area contributed by atoms with Crippen LogP contribution >= 0.6 is 23.2 Å². The van der Waals surface area contributed by atoms with E-state index in [1.54, 1.807) is 33.8 Å². The number of nitrogens with one attached hydrogen (secondary N) is 1. The second-order valence-corrected chi connectivity index (χ2v) is 6.05. The number of halogens is 2. The number of hydrogen-bond acceptors (Lipinski definition) is 5. The van der Waals surface area contributed by atoms with Crippen LogP contribution in [-0.4, -0.2) is 35.3 Å². The summed E-state index contributed by atoms with van der Waals surface area (Å²) >= 11 is 11.9. The molecule has 1 rings (SSSR count). The molecule has 0 spiro atoms. The fourth-order valence-corrected chi connectivity index (χ4v) is 2.14. The highest BCUT2D eigenvalue weighted by atomic mass is 35.5. The van der Waals surface area contributed by atoms with E-state index >= 15 is 0 Å². The smallest absolute Gasteiger partial charge is 0.436 e. The first-order valence-corrected chi connectivity index (χ1v) is 7.85. The summed E-state index contributed by atoms with van der Waals surface area (Å²) in [7, 11) is 0. The zero-order chi connectivity index (χ0) is 18.4. The van der Waals surface area contributed by atoms with E-state index in [1.807, 2.05) is 5.43 Å². The molecule has 0 atom stereocenters. The third-order valence-corrected chi connectivity index (χ3v) is 3.07. The standard InChI is InChI=1S/C15H18Cl2N2O5/c1-8(2)23-14(21)18-19(15(22)24-9(3)4)13(20)12-10(16)6-5-7-11(12)17/h5-9H,1-4H3,(H,18,21). The molecule has 0 bridgehead atoms. The Balaban J connectivity index is 3.14. The van der Waals surface area contributed by atoms with Crippen molar-refractivity contribution in [3.05, 3.63) is 33.8 Å². The molecule has 0 saturated heterocycles. The highest BCUT2D eigenvalue weighted by Crippen LogP contribution is 2.25. The zero-order valence-electron chi connectivity index (χ0n) is 13.6. The van der Waals surface area contributed by atoms with Gasteiger partial charge in [0.05, 0.1) is 27.8 Å². The number of rotatable bonds is 3. The van der Waals surface area contributed by atoms with Crippen molar-refractivity contribution in [1.82, 2.24) is 10.4 Å². The molecule has 132 valence electrons. The highest BCUT2D eigenvalue weighted by molar-refractivity contribution is 6.40. The Morgan fingerprint density at radius 3 is 1.96 bits per heavy atom. The van der Waals surface area contributed by atoms with Crippen molar-refractivity contribution in [3.63, 3.8) is 0 Å². The Morgan fingerprint density at radius 1 is 1.00 bits per heavy atom. The molecule has 0 aromatic heterocycles. The van der Waals surface area contributed by atoms with Crippen molar-refractivity contribution in [1.29, 1.82) is 0 Å². The Morgan fingerprint density at radius 2 is 1.50 bits per heavy atom. The second-order valence-electron chi connectivity index (χ2n) is 5.24. The van der Waals surface area contributed by atoms with E-state index in [4.69, 9.17) is 32.7 Å². The van der Waals surface area contributed by atoms with E-state index in [-0.39, 0.29) is 15.6 Å². The van der Waals surface area contributed by atoms with Gasteiger partial charge in [-0.1, -0.05) is 29.3 Å². The maximum Gasteiger partial charge on any atom is 0.436 e. The van der Waals surface area contributed by atoms with Gasteiger partial charge in [-0.2, -0.15) is 0 Å². The average molecular weight is 377 g/mol. The number of carbonyl (C=O) groups is 3. The molecule has 0 unspecified atom stereocenters. The molecule has 9 heteroatoms. The molecule has 0 fully saturated rings. The van der Waals surface area contributed by atoms with E-state index in [0.29, 0.717) is 5.01 Å². The van der Waals surface area contributed by atoms with E-state index in [0.717, 1.165) is 0 Å². The molecular weight excluding hydrogens is 359 g/mol. The number of nitrogens with zero attached hydrogens (tertiary/aromatic N) is 1. The summed E-state index contributed by atoms with van der Waals surface area (Å²) in [6.45, 7) is 6.41. The molecular formula is C15H18Cl2N2O5. The molecule has 3 amide bonds. The fourth-order valence-electron chi connectivity index (χ4n) is 1.58. The lowest BCUT2D eigenvalue weighted by Gasteiger charge is -2.23. The van der Waals surface area contributed by atoms with Crippen molar-refractivity contribution < 1.29 is 23.9 Å². The average Bonchev–Trinajstić information content (AvgIpc) is 2.42. The molecule has 1 aromatic carbocycles. The van der Waals surface area contributed by atoms with Crippen molar-refractivity contribution in [3.8, 4) is 0 Å². The number of carbonyl (C=O) groups excluding carboxylic acids is 3. The first kappa shape index (κ1) is 20.1. The minimum absolute atomic E-state index is 0.0221. The second kappa shape index (κ2) is 8.75. The monoisotopic (exact) mass is 376 g/mol. The molecule has 0 heterocycles. The SMILES string of the molecule is CC(C)OC(=O)NN(C(=O)OC(C)C)C(=O)c1c(Cl)cccc1Cl.